The van der Waals surface area contributed by atoms with Crippen LogP contribution in [0.4, 0.5) is 9.18 Å². The summed E-state index contributed by atoms with van der Waals surface area (Å²) in [6.07, 6.45) is 7.65. The van der Waals surface area contributed by atoms with Crippen molar-refractivity contribution in [1.29, 1.82) is 0 Å². The zero-order valence-electron chi connectivity index (χ0n) is 17.2. The van der Waals surface area contributed by atoms with E-state index in [-0.39, 0.29) is 17.9 Å². The fourth-order valence-corrected chi connectivity index (χ4v) is 6.12. The Hall–Kier alpha value is -2.60. The van der Waals surface area contributed by atoms with Crippen molar-refractivity contribution in [3.63, 3.8) is 0 Å². The standard InChI is InChI=1S/C24H26FN3OS/c1-2-13-26-24(29)28-15-19-18-6-3-4-8-21(18)30-23(19)27-14-5-7-20(27)22(28)16-9-11-17(25)12-10-16/h5,7,9-12,14,22H,2-4,6,8,13,15H2,1H3,(H,26,29). The first-order chi connectivity index (χ1) is 14.7. The molecule has 0 saturated carbocycles. The van der Waals surface area contributed by atoms with Gasteiger partial charge < -0.3 is 14.8 Å². The third-order valence-electron chi connectivity index (χ3n) is 6.15. The van der Waals surface area contributed by atoms with E-state index in [1.54, 1.807) is 12.1 Å². The lowest BCUT2D eigenvalue weighted by Crippen LogP contribution is -2.42. The van der Waals surface area contributed by atoms with Gasteiger partial charge in [0.25, 0.3) is 0 Å². The highest BCUT2D eigenvalue weighted by atomic mass is 32.1. The predicted molar refractivity (Wildman–Crippen MR) is 118 cm³/mol. The summed E-state index contributed by atoms with van der Waals surface area (Å²) in [5.41, 5.74) is 4.69. The molecule has 0 spiro atoms. The number of fused-ring (bicyclic) bond motifs is 5. The van der Waals surface area contributed by atoms with Gasteiger partial charge in [-0.25, -0.2) is 9.18 Å². The second-order valence-corrected chi connectivity index (χ2v) is 9.20. The number of thiophene rings is 1. The number of urea groups is 1. The number of aromatic nitrogens is 1. The van der Waals surface area contributed by atoms with Crippen molar-refractivity contribution in [3.05, 3.63) is 75.7 Å². The molecule has 1 unspecified atom stereocenters. The number of halogens is 1. The highest BCUT2D eigenvalue weighted by Gasteiger charge is 2.35. The van der Waals surface area contributed by atoms with Crippen LogP contribution in [-0.2, 0) is 19.4 Å². The van der Waals surface area contributed by atoms with Crippen LogP contribution in [0.2, 0.25) is 0 Å². The van der Waals surface area contributed by atoms with Crippen LogP contribution in [0.15, 0.2) is 42.6 Å². The minimum absolute atomic E-state index is 0.0671. The largest absolute Gasteiger partial charge is 0.338 e. The SMILES string of the molecule is CCCNC(=O)N1Cc2c(sc3c2CCCC3)-n2cccc2C1c1ccc(F)cc1. The summed E-state index contributed by atoms with van der Waals surface area (Å²) in [6, 6.07) is 10.3. The Balaban J connectivity index is 1.67. The van der Waals surface area contributed by atoms with E-state index >= 15 is 0 Å². The highest BCUT2D eigenvalue weighted by Crippen LogP contribution is 2.43. The van der Waals surface area contributed by atoms with Crippen LogP contribution in [0, 0.1) is 5.82 Å². The van der Waals surface area contributed by atoms with E-state index in [0.29, 0.717) is 13.1 Å². The summed E-state index contributed by atoms with van der Waals surface area (Å²) in [5, 5.41) is 4.31. The third kappa shape index (κ3) is 3.23. The minimum Gasteiger partial charge on any atom is -0.338 e. The molecule has 156 valence electrons. The molecule has 0 bridgehead atoms. The van der Waals surface area contributed by atoms with Gasteiger partial charge in [0.15, 0.2) is 0 Å². The molecule has 0 fully saturated rings. The molecule has 0 radical (unpaired) electrons. The van der Waals surface area contributed by atoms with E-state index in [1.807, 2.05) is 22.3 Å². The number of amides is 2. The van der Waals surface area contributed by atoms with Gasteiger partial charge in [-0.05, 0) is 67.5 Å². The summed E-state index contributed by atoms with van der Waals surface area (Å²) in [5.74, 6) is -0.266. The Morgan fingerprint density at radius 2 is 1.97 bits per heavy atom. The number of carbonyl (C=O) groups is 1. The Morgan fingerprint density at radius 3 is 2.77 bits per heavy atom. The lowest BCUT2D eigenvalue weighted by Gasteiger charge is -2.31. The van der Waals surface area contributed by atoms with Crippen molar-refractivity contribution in [2.75, 3.05) is 6.54 Å². The van der Waals surface area contributed by atoms with E-state index < -0.39 is 0 Å². The maximum absolute atomic E-state index is 13.6. The van der Waals surface area contributed by atoms with Crippen LogP contribution in [0.5, 0.6) is 0 Å². The molecule has 1 aliphatic carbocycles. The Labute approximate surface area is 180 Å². The zero-order chi connectivity index (χ0) is 20.7. The summed E-state index contributed by atoms with van der Waals surface area (Å²) in [6.45, 7) is 3.26. The lowest BCUT2D eigenvalue weighted by atomic mass is 9.95. The normalized spacial score (nSPS) is 17.7. The van der Waals surface area contributed by atoms with Gasteiger partial charge in [-0.1, -0.05) is 19.1 Å². The average Bonchev–Trinajstić information content (AvgIpc) is 3.35. The zero-order valence-corrected chi connectivity index (χ0v) is 18.0. The topological polar surface area (TPSA) is 37.3 Å². The molecule has 1 aliphatic heterocycles. The Bertz CT molecular complexity index is 1070. The molecule has 1 aromatic carbocycles. The van der Waals surface area contributed by atoms with E-state index in [4.69, 9.17) is 0 Å². The van der Waals surface area contributed by atoms with Crippen LogP contribution in [0.3, 0.4) is 0 Å². The molecule has 3 aromatic rings. The van der Waals surface area contributed by atoms with Crippen LogP contribution in [0.1, 0.15) is 59.5 Å². The van der Waals surface area contributed by atoms with Gasteiger partial charge in [-0.2, -0.15) is 0 Å². The van der Waals surface area contributed by atoms with Crippen molar-refractivity contribution in [2.45, 2.75) is 51.6 Å². The number of nitrogens with zero attached hydrogens (tertiary/aromatic N) is 2. The van der Waals surface area contributed by atoms with Crippen LogP contribution >= 0.6 is 11.3 Å². The number of carbonyl (C=O) groups excluding carboxylic acids is 1. The van der Waals surface area contributed by atoms with Crippen LogP contribution in [-0.4, -0.2) is 22.0 Å². The second kappa shape index (κ2) is 7.91. The third-order valence-corrected chi connectivity index (χ3v) is 7.49. The minimum atomic E-state index is -0.267. The monoisotopic (exact) mass is 423 g/mol. The van der Waals surface area contributed by atoms with Crippen LogP contribution < -0.4 is 5.32 Å². The van der Waals surface area contributed by atoms with Crippen molar-refractivity contribution in [3.8, 4) is 5.00 Å². The van der Waals surface area contributed by atoms with E-state index in [2.05, 4.69) is 29.1 Å². The van der Waals surface area contributed by atoms with Crippen molar-refractivity contribution in [2.24, 2.45) is 0 Å². The molecule has 30 heavy (non-hydrogen) atoms. The molecular formula is C24H26FN3OS. The summed E-state index contributed by atoms with van der Waals surface area (Å²) < 4.78 is 15.9. The molecule has 2 aromatic heterocycles. The average molecular weight is 424 g/mol. The summed E-state index contributed by atoms with van der Waals surface area (Å²) >= 11 is 1.87. The van der Waals surface area contributed by atoms with E-state index in [9.17, 15) is 9.18 Å². The van der Waals surface area contributed by atoms with E-state index in [0.717, 1.165) is 30.5 Å². The first-order valence-electron chi connectivity index (χ1n) is 10.8. The van der Waals surface area contributed by atoms with Gasteiger partial charge in [0.05, 0.1) is 18.3 Å². The van der Waals surface area contributed by atoms with Gasteiger partial charge in [0.1, 0.15) is 10.8 Å². The number of hydrogen-bond acceptors (Lipinski definition) is 2. The Morgan fingerprint density at radius 1 is 1.17 bits per heavy atom. The summed E-state index contributed by atoms with van der Waals surface area (Å²) in [7, 11) is 0. The number of hydrogen-bond donors (Lipinski definition) is 1. The lowest BCUT2D eigenvalue weighted by molar-refractivity contribution is 0.180. The molecular weight excluding hydrogens is 397 g/mol. The molecule has 2 amide bonds. The van der Waals surface area contributed by atoms with Gasteiger partial charge in [0.2, 0.25) is 0 Å². The molecule has 5 rings (SSSR count). The molecule has 1 atom stereocenters. The number of nitrogens with one attached hydrogen (secondary N) is 1. The molecule has 3 heterocycles. The van der Waals surface area contributed by atoms with Crippen molar-refractivity contribution < 1.29 is 9.18 Å². The highest BCUT2D eigenvalue weighted by molar-refractivity contribution is 7.15. The maximum Gasteiger partial charge on any atom is 0.318 e. The van der Waals surface area contributed by atoms with Gasteiger partial charge >= 0.3 is 6.03 Å². The first-order valence-corrected chi connectivity index (χ1v) is 11.6. The fourth-order valence-electron chi connectivity index (χ4n) is 4.72. The van der Waals surface area contributed by atoms with Gasteiger partial charge in [0, 0.05) is 23.2 Å². The fraction of sp³-hybridized carbons (Fsp3) is 0.375. The van der Waals surface area contributed by atoms with Gasteiger partial charge in [-0.15, -0.1) is 11.3 Å². The molecule has 0 saturated heterocycles. The Kier molecular flexibility index (Phi) is 5.11. The first kappa shape index (κ1) is 19.4. The number of aryl methyl sites for hydroxylation is 1. The maximum atomic E-state index is 13.6. The van der Waals surface area contributed by atoms with Crippen molar-refractivity contribution in [1.82, 2.24) is 14.8 Å². The molecule has 2 aliphatic rings. The predicted octanol–water partition coefficient (Wildman–Crippen LogP) is 5.58. The number of rotatable bonds is 3. The summed E-state index contributed by atoms with van der Waals surface area (Å²) in [4.78, 5) is 16.7. The quantitative estimate of drug-likeness (QED) is 0.587. The second-order valence-electron chi connectivity index (χ2n) is 8.11. The molecule has 4 nitrogen and oxygen atoms in total. The van der Waals surface area contributed by atoms with E-state index in [1.165, 1.54) is 46.0 Å². The smallest absolute Gasteiger partial charge is 0.318 e. The molecule has 1 N–H and O–H groups in total. The van der Waals surface area contributed by atoms with Crippen molar-refractivity contribution >= 4 is 17.4 Å². The molecule has 6 heteroatoms. The number of benzene rings is 1. The van der Waals surface area contributed by atoms with Gasteiger partial charge in [-0.3, -0.25) is 0 Å². The van der Waals surface area contributed by atoms with Crippen LogP contribution in [0.25, 0.3) is 5.00 Å².